The third-order valence-electron chi connectivity index (χ3n) is 3.82. The number of aromatic nitrogens is 2. The smallest absolute Gasteiger partial charge is 0.108 e. The molecule has 1 atom stereocenters. The van der Waals surface area contributed by atoms with Gasteiger partial charge >= 0.3 is 0 Å². The second-order valence-corrected chi connectivity index (χ2v) is 5.56. The Hall–Kier alpha value is -0.870. The lowest BCUT2D eigenvalue weighted by molar-refractivity contribution is 0.137. The van der Waals surface area contributed by atoms with Gasteiger partial charge in [-0.15, -0.1) is 0 Å². The average Bonchev–Trinajstić information content (AvgIpc) is 2.98. The summed E-state index contributed by atoms with van der Waals surface area (Å²) < 4.78 is 7.53. The SMILES string of the molecule is CCc1nccn1C[C@@H](C)NCC1(COC)CC1. The lowest BCUT2D eigenvalue weighted by atomic mass is 10.1. The molecule has 4 heteroatoms. The first kappa shape index (κ1) is 13.6. The van der Waals surface area contributed by atoms with Crippen molar-refractivity contribution in [2.45, 2.75) is 45.7 Å². The predicted molar refractivity (Wildman–Crippen MR) is 72.6 cm³/mol. The van der Waals surface area contributed by atoms with Crippen LogP contribution in [0, 0.1) is 5.41 Å². The number of hydrogen-bond acceptors (Lipinski definition) is 3. The molecule has 1 heterocycles. The quantitative estimate of drug-likeness (QED) is 0.766. The highest BCUT2D eigenvalue weighted by molar-refractivity contribution is 4.96. The van der Waals surface area contributed by atoms with E-state index < -0.39 is 0 Å². The zero-order valence-corrected chi connectivity index (χ0v) is 11.8. The van der Waals surface area contributed by atoms with Crippen LogP contribution in [0.4, 0.5) is 0 Å². The van der Waals surface area contributed by atoms with E-state index in [0.717, 1.165) is 26.1 Å². The standard InChI is InChI=1S/C14H25N3O/c1-4-13-15-7-8-17(13)9-12(2)16-10-14(5-6-14)11-18-3/h7-8,12,16H,4-6,9-11H2,1-3H3/t12-/m1/s1. The van der Waals surface area contributed by atoms with E-state index in [-0.39, 0.29) is 0 Å². The Balaban J connectivity index is 1.77. The molecule has 1 fully saturated rings. The van der Waals surface area contributed by atoms with Gasteiger partial charge in [-0.05, 0) is 19.8 Å². The van der Waals surface area contributed by atoms with Crippen molar-refractivity contribution >= 4 is 0 Å². The van der Waals surface area contributed by atoms with Crippen LogP contribution in [0.15, 0.2) is 12.4 Å². The molecule has 0 unspecified atom stereocenters. The van der Waals surface area contributed by atoms with Crippen molar-refractivity contribution in [3.05, 3.63) is 18.2 Å². The number of nitrogens with one attached hydrogen (secondary N) is 1. The predicted octanol–water partition coefficient (Wildman–Crippen LogP) is 1.85. The molecule has 0 aliphatic heterocycles. The number of rotatable bonds is 8. The van der Waals surface area contributed by atoms with Crippen LogP contribution in [-0.4, -0.2) is 35.9 Å². The molecule has 2 rings (SSSR count). The fraction of sp³-hybridized carbons (Fsp3) is 0.786. The molecule has 0 saturated heterocycles. The zero-order chi connectivity index (χ0) is 13.0. The van der Waals surface area contributed by atoms with Crippen molar-refractivity contribution < 1.29 is 4.74 Å². The minimum Gasteiger partial charge on any atom is -0.384 e. The second-order valence-electron chi connectivity index (χ2n) is 5.56. The summed E-state index contributed by atoms with van der Waals surface area (Å²) in [6.45, 7) is 7.33. The number of imidazole rings is 1. The molecule has 1 aliphatic rings. The number of aryl methyl sites for hydroxylation is 1. The van der Waals surface area contributed by atoms with Gasteiger partial charge in [-0.25, -0.2) is 4.98 Å². The van der Waals surface area contributed by atoms with Crippen molar-refractivity contribution in [1.82, 2.24) is 14.9 Å². The maximum absolute atomic E-state index is 5.29. The molecule has 1 saturated carbocycles. The summed E-state index contributed by atoms with van der Waals surface area (Å²) in [4.78, 5) is 4.35. The van der Waals surface area contributed by atoms with Crippen LogP contribution >= 0.6 is 0 Å². The van der Waals surface area contributed by atoms with E-state index in [1.807, 2.05) is 6.20 Å². The monoisotopic (exact) mass is 251 g/mol. The van der Waals surface area contributed by atoms with E-state index >= 15 is 0 Å². The molecule has 0 bridgehead atoms. The van der Waals surface area contributed by atoms with Gasteiger partial charge in [-0.3, -0.25) is 0 Å². The lowest BCUT2D eigenvalue weighted by Gasteiger charge is -2.20. The molecule has 0 spiro atoms. The number of ether oxygens (including phenoxy) is 1. The van der Waals surface area contributed by atoms with Gasteiger partial charge in [0.2, 0.25) is 0 Å². The van der Waals surface area contributed by atoms with Gasteiger partial charge in [0.25, 0.3) is 0 Å². The first-order valence-corrected chi connectivity index (χ1v) is 6.91. The minimum atomic E-state index is 0.422. The maximum atomic E-state index is 5.29. The summed E-state index contributed by atoms with van der Waals surface area (Å²) in [5.74, 6) is 1.17. The van der Waals surface area contributed by atoms with Crippen LogP contribution in [-0.2, 0) is 17.7 Å². The van der Waals surface area contributed by atoms with E-state index in [4.69, 9.17) is 4.74 Å². The van der Waals surface area contributed by atoms with Crippen molar-refractivity contribution in [3.63, 3.8) is 0 Å². The molecule has 1 N–H and O–H groups in total. The molecule has 1 aliphatic carbocycles. The molecular formula is C14H25N3O. The van der Waals surface area contributed by atoms with Crippen molar-refractivity contribution in [2.24, 2.45) is 5.41 Å². The van der Waals surface area contributed by atoms with Gasteiger partial charge in [0.1, 0.15) is 5.82 Å². The van der Waals surface area contributed by atoms with Crippen LogP contribution < -0.4 is 5.32 Å². The van der Waals surface area contributed by atoms with Crippen molar-refractivity contribution in [2.75, 3.05) is 20.3 Å². The summed E-state index contributed by atoms with van der Waals surface area (Å²) >= 11 is 0. The Bertz CT molecular complexity index is 371. The molecule has 4 nitrogen and oxygen atoms in total. The third kappa shape index (κ3) is 3.33. The van der Waals surface area contributed by atoms with Crippen LogP contribution in [0.2, 0.25) is 0 Å². The number of methoxy groups -OCH3 is 1. The summed E-state index contributed by atoms with van der Waals surface area (Å²) in [5.41, 5.74) is 0.422. The highest BCUT2D eigenvalue weighted by Crippen LogP contribution is 2.45. The molecule has 18 heavy (non-hydrogen) atoms. The molecule has 1 aromatic heterocycles. The molecular weight excluding hydrogens is 226 g/mol. The minimum absolute atomic E-state index is 0.422. The Morgan fingerprint density at radius 2 is 2.33 bits per heavy atom. The molecule has 0 radical (unpaired) electrons. The summed E-state index contributed by atoms with van der Waals surface area (Å²) in [5, 5.41) is 3.63. The van der Waals surface area contributed by atoms with Crippen LogP contribution in [0.5, 0.6) is 0 Å². The summed E-state index contributed by atoms with van der Waals surface area (Å²) in [7, 11) is 1.79. The fourth-order valence-electron chi connectivity index (χ4n) is 2.43. The Morgan fingerprint density at radius 1 is 1.56 bits per heavy atom. The molecule has 102 valence electrons. The normalized spacial score (nSPS) is 18.8. The molecule has 0 amide bonds. The summed E-state index contributed by atoms with van der Waals surface area (Å²) in [6.07, 6.45) is 7.54. The number of hydrogen-bond donors (Lipinski definition) is 1. The summed E-state index contributed by atoms with van der Waals surface area (Å²) in [6, 6.07) is 0.471. The van der Waals surface area contributed by atoms with Gasteiger partial charge in [0, 0.05) is 50.5 Å². The van der Waals surface area contributed by atoms with E-state index in [1.54, 1.807) is 7.11 Å². The second kappa shape index (κ2) is 5.85. The lowest BCUT2D eigenvalue weighted by Crippen LogP contribution is -2.36. The van der Waals surface area contributed by atoms with Crippen molar-refractivity contribution in [3.8, 4) is 0 Å². The Morgan fingerprint density at radius 3 is 2.94 bits per heavy atom. The topological polar surface area (TPSA) is 39.1 Å². The van der Waals surface area contributed by atoms with Crippen LogP contribution in [0.1, 0.15) is 32.5 Å². The third-order valence-corrected chi connectivity index (χ3v) is 3.82. The van der Waals surface area contributed by atoms with Gasteiger partial charge < -0.3 is 14.6 Å². The van der Waals surface area contributed by atoms with Gasteiger partial charge in [0.15, 0.2) is 0 Å². The first-order valence-electron chi connectivity index (χ1n) is 6.91. The van der Waals surface area contributed by atoms with Crippen molar-refractivity contribution in [1.29, 1.82) is 0 Å². The van der Waals surface area contributed by atoms with Crippen LogP contribution in [0.25, 0.3) is 0 Å². The maximum Gasteiger partial charge on any atom is 0.108 e. The highest BCUT2D eigenvalue weighted by Gasteiger charge is 2.42. The van der Waals surface area contributed by atoms with E-state index in [9.17, 15) is 0 Å². The van der Waals surface area contributed by atoms with E-state index in [0.29, 0.717) is 11.5 Å². The van der Waals surface area contributed by atoms with E-state index in [2.05, 4.69) is 34.9 Å². The van der Waals surface area contributed by atoms with Crippen LogP contribution in [0.3, 0.4) is 0 Å². The largest absolute Gasteiger partial charge is 0.384 e. The van der Waals surface area contributed by atoms with Gasteiger partial charge in [-0.2, -0.15) is 0 Å². The average molecular weight is 251 g/mol. The highest BCUT2D eigenvalue weighted by atomic mass is 16.5. The zero-order valence-electron chi connectivity index (χ0n) is 11.8. The van der Waals surface area contributed by atoms with E-state index in [1.165, 1.54) is 18.7 Å². The molecule has 0 aromatic carbocycles. The fourth-order valence-corrected chi connectivity index (χ4v) is 2.43. The first-order chi connectivity index (χ1) is 8.69. The Kier molecular flexibility index (Phi) is 4.40. The number of nitrogens with zero attached hydrogens (tertiary/aromatic N) is 2. The molecule has 1 aromatic rings. The van der Waals surface area contributed by atoms with Gasteiger partial charge in [0.05, 0.1) is 6.61 Å². The Labute approximate surface area is 110 Å². The van der Waals surface area contributed by atoms with Gasteiger partial charge in [-0.1, -0.05) is 6.92 Å².